The molecule has 9 heteroatoms. The van der Waals surface area contributed by atoms with E-state index >= 15 is 0 Å². The number of aromatic nitrogens is 1. The van der Waals surface area contributed by atoms with Gasteiger partial charge in [0, 0.05) is 6.54 Å². The molecule has 1 aromatic heterocycles. The van der Waals surface area contributed by atoms with Gasteiger partial charge >= 0.3 is 6.36 Å². The largest absolute Gasteiger partial charge is 0.574 e. The third-order valence-electron chi connectivity index (χ3n) is 1.73. The summed E-state index contributed by atoms with van der Waals surface area (Å²) in [6, 6.07) is 1.12. The highest BCUT2D eigenvalue weighted by molar-refractivity contribution is 9.10. The van der Waals surface area contributed by atoms with Crippen molar-refractivity contribution in [3.8, 4) is 5.88 Å². The molecule has 0 aliphatic rings. The highest BCUT2D eigenvalue weighted by Crippen LogP contribution is 2.35. The van der Waals surface area contributed by atoms with Crippen LogP contribution in [0.25, 0.3) is 0 Å². The second kappa shape index (κ2) is 5.13. The predicted molar refractivity (Wildman–Crippen MR) is 51.5 cm³/mol. The van der Waals surface area contributed by atoms with Gasteiger partial charge in [-0.05, 0) is 27.6 Å². The van der Waals surface area contributed by atoms with Gasteiger partial charge < -0.3 is 10.5 Å². The number of rotatable bonds is 3. The molecule has 96 valence electrons. The lowest BCUT2D eigenvalue weighted by atomic mass is 10.1. The molecular weight excluding hydrogens is 315 g/mol. The fraction of sp³-hybridized carbons (Fsp3) is 0.375. The molecule has 0 unspecified atom stereocenters. The molecule has 0 aliphatic heterocycles. The highest BCUT2D eigenvalue weighted by Gasteiger charge is 2.35. The van der Waals surface area contributed by atoms with Crippen LogP contribution in [0.15, 0.2) is 10.7 Å². The Morgan fingerprint density at radius 3 is 2.41 bits per heavy atom. The van der Waals surface area contributed by atoms with Gasteiger partial charge in [0.25, 0.3) is 6.43 Å². The van der Waals surface area contributed by atoms with E-state index in [0.717, 1.165) is 6.07 Å². The van der Waals surface area contributed by atoms with E-state index in [1.54, 1.807) is 0 Å². The summed E-state index contributed by atoms with van der Waals surface area (Å²) < 4.78 is 64.6. The van der Waals surface area contributed by atoms with Crippen LogP contribution in [0.5, 0.6) is 5.88 Å². The molecule has 0 aliphatic carbocycles. The van der Waals surface area contributed by atoms with E-state index in [0.29, 0.717) is 0 Å². The van der Waals surface area contributed by atoms with E-state index in [1.165, 1.54) is 0 Å². The van der Waals surface area contributed by atoms with Crippen LogP contribution < -0.4 is 10.5 Å². The van der Waals surface area contributed by atoms with Gasteiger partial charge in [0.05, 0.1) is 5.56 Å². The molecule has 0 saturated heterocycles. The summed E-state index contributed by atoms with van der Waals surface area (Å²) in [4.78, 5) is 3.23. The first-order chi connectivity index (χ1) is 7.74. The van der Waals surface area contributed by atoms with Gasteiger partial charge in [-0.25, -0.2) is 13.8 Å². The molecule has 0 spiro atoms. The molecule has 2 N–H and O–H groups in total. The number of nitrogens with zero attached hydrogens (tertiary/aromatic N) is 1. The van der Waals surface area contributed by atoms with Crippen LogP contribution in [0, 0.1) is 0 Å². The van der Waals surface area contributed by atoms with Crippen molar-refractivity contribution >= 4 is 15.9 Å². The van der Waals surface area contributed by atoms with Gasteiger partial charge in [-0.15, -0.1) is 13.2 Å². The van der Waals surface area contributed by atoms with Crippen molar-refractivity contribution in [1.29, 1.82) is 0 Å². The summed E-state index contributed by atoms with van der Waals surface area (Å²) >= 11 is 2.79. The molecular formula is C8H6BrF5N2O. The van der Waals surface area contributed by atoms with Gasteiger partial charge in [0.15, 0.2) is 0 Å². The number of halogens is 6. The first kappa shape index (κ1) is 14.1. The molecule has 0 aromatic carbocycles. The highest BCUT2D eigenvalue weighted by atomic mass is 79.9. The average Bonchev–Trinajstić information content (AvgIpc) is 2.12. The predicted octanol–water partition coefficient (Wildman–Crippen LogP) is 3.14. The van der Waals surface area contributed by atoms with E-state index in [9.17, 15) is 22.0 Å². The van der Waals surface area contributed by atoms with Crippen molar-refractivity contribution in [2.45, 2.75) is 19.3 Å². The van der Waals surface area contributed by atoms with Crippen LogP contribution in [-0.4, -0.2) is 11.3 Å². The van der Waals surface area contributed by atoms with Crippen LogP contribution >= 0.6 is 15.9 Å². The monoisotopic (exact) mass is 320 g/mol. The molecule has 17 heavy (non-hydrogen) atoms. The van der Waals surface area contributed by atoms with E-state index in [4.69, 9.17) is 5.73 Å². The molecule has 0 saturated carbocycles. The molecule has 1 heterocycles. The number of hydrogen-bond acceptors (Lipinski definition) is 3. The normalized spacial score (nSPS) is 12.0. The zero-order valence-electron chi connectivity index (χ0n) is 8.06. The van der Waals surface area contributed by atoms with Crippen molar-refractivity contribution in [1.82, 2.24) is 4.98 Å². The summed E-state index contributed by atoms with van der Waals surface area (Å²) in [7, 11) is 0. The van der Waals surface area contributed by atoms with Crippen LogP contribution in [0.1, 0.15) is 17.6 Å². The fourth-order valence-corrected chi connectivity index (χ4v) is 1.58. The third kappa shape index (κ3) is 3.77. The summed E-state index contributed by atoms with van der Waals surface area (Å²) in [6.45, 7) is -0.352. The SMILES string of the molecule is NCc1cc(Br)nc(OC(F)(F)F)c1C(F)F. The minimum Gasteiger partial charge on any atom is -0.387 e. The Bertz CT molecular complexity index is 410. The van der Waals surface area contributed by atoms with Gasteiger partial charge in [-0.2, -0.15) is 0 Å². The maximum Gasteiger partial charge on any atom is 0.574 e. The van der Waals surface area contributed by atoms with Crippen LogP contribution in [0.4, 0.5) is 22.0 Å². The first-order valence-electron chi connectivity index (χ1n) is 4.18. The Hall–Kier alpha value is -0.960. The Morgan fingerprint density at radius 1 is 1.41 bits per heavy atom. The smallest absolute Gasteiger partial charge is 0.387 e. The van der Waals surface area contributed by atoms with E-state index in [2.05, 4.69) is 25.7 Å². The number of pyridine rings is 1. The van der Waals surface area contributed by atoms with Gasteiger partial charge in [0.1, 0.15) is 4.60 Å². The van der Waals surface area contributed by atoms with E-state index in [-0.39, 0.29) is 16.7 Å². The first-order valence-corrected chi connectivity index (χ1v) is 4.97. The maximum atomic E-state index is 12.6. The topological polar surface area (TPSA) is 48.1 Å². The molecule has 0 atom stereocenters. The quantitative estimate of drug-likeness (QED) is 0.687. The van der Waals surface area contributed by atoms with Crippen LogP contribution in [0.2, 0.25) is 0 Å². The average molecular weight is 321 g/mol. The number of alkyl halides is 5. The Kier molecular flexibility index (Phi) is 4.26. The number of ether oxygens (including phenoxy) is 1. The van der Waals surface area contributed by atoms with E-state index < -0.39 is 24.2 Å². The minimum atomic E-state index is -5.09. The lowest BCUT2D eigenvalue weighted by Gasteiger charge is -2.14. The molecule has 3 nitrogen and oxygen atoms in total. The van der Waals surface area contributed by atoms with Crippen molar-refractivity contribution in [2.24, 2.45) is 5.73 Å². The van der Waals surface area contributed by atoms with Gasteiger partial charge in [0.2, 0.25) is 5.88 Å². The lowest BCUT2D eigenvalue weighted by Crippen LogP contribution is -2.20. The van der Waals surface area contributed by atoms with E-state index in [1.807, 2.05) is 0 Å². The molecule has 0 fully saturated rings. The van der Waals surface area contributed by atoms with Crippen molar-refractivity contribution < 1.29 is 26.7 Å². The zero-order valence-corrected chi connectivity index (χ0v) is 9.65. The molecule has 0 amide bonds. The second-order valence-electron chi connectivity index (χ2n) is 2.88. The number of nitrogens with two attached hydrogens (primary N) is 1. The van der Waals surface area contributed by atoms with Crippen molar-refractivity contribution in [3.63, 3.8) is 0 Å². The standard InChI is InChI=1S/C8H6BrF5N2O/c9-4-1-3(2-15)5(6(10)11)7(16-4)17-8(12,13)14/h1,6H,2,15H2. The summed E-state index contributed by atoms with van der Waals surface area (Å²) in [6.07, 6.45) is -8.25. The van der Waals surface area contributed by atoms with Gasteiger partial charge in [-0.3, -0.25) is 0 Å². The Balaban J connectivity index is 3.30. The molecule has 0 bridgehead atoms. The second-order valence-corrected chi connectivity index (χ2v) is 3.69. The summed E-state index contributed by atoms with van der Waals surface area (Å²) in [5, 5.41) is 0. The Labute approximate surface area is 101 Å². The molecule has 1 rings (SSSR count). The molecule has 0 radical (unpaired) electrons. The van der Waals surface area contributed by atoms with Crippen molar-refractivity contribution in [3.05, 3.63) is 21.8 Å². The number of hydrogen-bond donors (Lipinski definition) is 1. The van der Waals surface area contributed by atoms with Crippen LogP contribution in [-0.2, 0) is 6.54 Å². The zero-order chi connectivity index (χ0) is 13.2. The summed E-state index contributed by atoms with van der Waals surface area (Å²) in [5.74, 6) is -1.19. The Morgan fingerprint density at radius 2 is 2.00 bits per heavy atom. The third-order valence-corrected chi connectivity index (χ3v) is 2.13. The lowest BCUT2D eigenvalue weighted by molar-refractivity contribution is -0.276. The maximum absolute atomic E-state index is 12.6. The summed E-state index contributed by atoms with van der Waals surface area (Å²) in [5.41, 5.74) is 4.05. The fourth-order valence-electron chi connectivity index (χ4n) is 1.14. The van der Waals surface area contributed by atoms with Gasteiger partial charge in [-0.1, -0.05) is 0 Å². The molecule has 1 aromatic rings. The van der Waals surface area contributed by atoms with Crippen LogP contribution in [0.3, 0.4) is 0 Å². The minimum absolute atomic E-state index is 0.0680. The van der Waals surface area contributed by atoms with Crippen molar-refractivity contribution in [2.75, 3.05) is 0 Å².